The molecule has 0 radical (unpaired) electrons. The Morgan fingerprint density at radius 2 is 1.90 bits per heavy atom. The number of rotatable bonds is 7. The first-order valence-electron chi connectivity index (χ1n) is 7.09. The largest absolute Gasteiger partial charge is 0.481 e. The van der Waals surface area contributed by atoms with Crippen LogP contribution in [-0.4, -0.2) is 56.1 Å². The highest BCUT2D eigenvalue weighted by Gasteiger charge is 2.34. The fourth-order valence-electron chi connectivity index (χ4n) is 2.25. The number of piperidine rings is 1. The third-order valence-corrected chi connectivity index (χ3v) is 5.69. The molecule has 1 rings (SSSR count). The molecule has 0 aliphatic carbocycles. The molecule has 1 aliphatic rings. The molecule has 1 heterocycles. The van der Waals surface area contributed by atoms with Crippen molar-refractivity contribution in [2.45, 2.75) is 52.2 Å². The van der Waals surface area contributed by atoms with Gasteiger partial charge in [0, 0.05) is 20.2 Å². The summed E-state index contributed by atoms with van der Waals surface area (Å²) in [5, 5.41) is 8.90. The van der Waals surface area contributed by atoms with Gasteiger partial charge in [-0.3, -0.25) is 4.79 Å². The first-order chi connectivity index (χ1) is 9.57. The number of hydrogen-bond acceptors (Lipinski definition) is 4. The van der Waals surface area contributed by atoms with Gasteiger partial charge in [-0.2, -0.15) is 17.4 Å². The van der Waals surface area contributed by atoms with Crippen LogP contribution in [0.15, 0.2) is 0 Å². The fourth-order valence-corrected chi connectivity index (χ4v) is 3.72. The van der Waals surface area contributed by atoms with Crippen molar-refractivity contribution in [2.24, 2.45) is 5.41 Å². The maximum Gasteiger partial charge on any atom is 0.305 e. The van der Waals surface area contributed by atoms with E-state index in [1.807, 2.05) is 0 Å². The van der Waals surface area contributed by atoms with Crippen molar-refractivity contribution in [3.63, 3.8) is 0 Å². The van der Waals surface area contributed by atoms with Crippen molar-refractivity contribution in [3.05, 3.63) is 0 Å². The van der Waals surface area contributed by atoms with E-state index in [1.54, 1.807) is 6.92 Å². The average molecular weight is 322 g/mol. The lowest BCUT2D eigenvalue weighted by atomic mass is 9.83. The van der Waals surface area contributed by atoms with Gasteiger partial charge in [0.25, 0.3) is 10.2 Å². The van der Waals surface area contributed by atoms with Crippen LogP contribution in [0.2, 0.25) is 0 Å². The predicted molar refractivity (Wildman–Crippen MR) is 79.2 cm³/mol. The molecule has 2 N–H and O–H groups in total. The number of methoxy groups -OCH3 is 1. The smallest absolute Gasteiger partial charge is 0.305 e. The van der Waals surface area contributed by atoms with Crippen molar-refractivity contribution in [1.29, 1.82) is 0 Å². The number of nitrogens with one attached hydrogen (secondary N) is 1. The third-order valence-electron chi connectivity index (χ3n) is 4.05. The number of aliphatic carboxylic acids is 1. The number of hydrogen-bond donors (Lipinski definition) is 2. The maximum absolute atomic E-state index is 12.4. The van der Waals surface area contributed by atoms with Crippen LogP contribution in [0.4, 0.5) is 0 Å². The summed E-state index contributed by atoms with van der Waals surface area (Å²) in [4.78, 5) is 10.9. The molecule has 2 atom stereocenters. The van der Waals surface area contributed by atoms with E-state index in [-0.39, 0.29) is 11.8 Å². The summed E-state index contributed by atoms with van der Waals surface area (Å²) in [5.41, 5.74) is 0.145. The topological polar surface area (TPSA) is 95.9 Å². The number of carbonyl (C=O) groups is 1. The maximum atomic E-state index is 12.4. The molecule has 21 heavy (non-hydrogen) atoms. The Hall–Kier alpha value is -0.700. The second-order valence-corrected chi connectivity index (χ2v) is 8.03. The van der Waals surface area contributed by atoms with Crippen LogP contribution >= 0.6 is 0 Å². The molecule has 0 amide bonds. The molecular formula is C13H26N2O5S. The summed E-state index contributed by atoms with van der Waals surface area (Å²) in [5.74, 6) is -1.06. The van der Waals surface area contributed by atoms with E-state index in [2.05, 4.69) is 18.6 Å². The first kappa shape index (κ1) is 18.3. The van der Waals surface area contributed by atoms with Crippen LogP contribution in [0.5, 0.6) is 0 Å². The first-order valence-corrected chi connectivity index (χ1v) is 8.53. The lowest BCUT2D eigenvalue weighted by molar-refractivity contribution is -0.138. The molecule has 0 aromatic carbocycles. The van der Waals surface area contributed by atoms with Crippen LogP contribution in [0.3, 0.4) is 0 Å². The van der Waals surface area contributed by atoms with Crippen molar-refractivity contribution >= 4 is 16.2 Å². The van der Waals surface area contributed by atoms with Crippen LogP contribution in [0.1, 0.15) is 40.0 Å². The quantitative estimate of drug-likeness (QED) is 0.723. The van der Waals surface area contributed by atoms with Crippen molar-refractivity contribution < 1.29 is 23.1 Å². The van der Waals surface area contributed by atoms with E-state index in [0.29, 0.717) is 13.1 Å². The van der Waals surface area contributed by atoms with Gasteiger partial charge in [0.05, 0.1) is 18.6 Å². The van der Waals surface area contributed by atoms with Crippen LogP contribution in [0.25, 0.3) is 0 Å². The van der Waals surface area contributed by atoms with Gasteiger partial charge >= 0.3 is 5.97 Å². The average Bonchev–Trinajstić information content (AvgIpc) is 2.35. The Morgan fingerprint density at radius 3 is 2.33 bits per heavy atom. The summed E-state index contributed by atoms with van der Waals surface area (Å²) in [6, 6.07) is -0.785. The van der Waals surface area contributed by atoms with Crippen LogP contribution in [-0.2, 0) is 19.7 Å². The molecule has 0 bridgehead atoms. The molecule has 1 fully saturated rings. The third kappa shape index (κ3) is 5.54. The van der Waals surface area contributed by atoms with Gasteiger partial charge in [0.15, 0.2) is 0 Å². The fraction of sp³-hybridized carbons (Fsp3) is 0.923. The minimum Gasteiger partial charge on any atom is -0.481 e. The molecule has 0 spiro atoms. The van der Waals surface area contributed by atoms with Crippen molar-refractivity contribution in [3.8, 4) is 0 Å². The molecule has 0 aromatic heterocycles. The summed E-state index contributed by atoms with van der Waals surface area (Å²) in [6.07, 6.45) is 0.750. The highest BCUT2D eigenvalue weighted by atomic mass is 32.2. The Labute approximate surface area is 126 Å². The van der Waals surface area contributed by atoms with Gasteiger partial charge in [-0.05, 0) is 25.2 Å². The van der Waals surface area contributed by atoms with E-state index < -0.39 is 28.3 Å². The molecule has 124 valence electrons. The molecule has 0 aromatic rings. The summed E-state index contributed by atoms with van der Waals surface area (Å²) in [6.45, 7) is 6.78. The minimum atomic E-state index is -3.69. The number of carboxylic acid groups (broad SMARTS) is 1. The van der Waals surface area contributed by atoms with E-state index in [1.165, 1.54) is 11.4 Å². The molecule has 7 nitrogen and oxygen atoms in total. The van der Waals surface area contributed by atoms with Gasteiger partial charge in [0.2, 0.25) is 0 Å². The minimum absolute atomic E-state index is 0.145. The van der Waals surface area contributed by atoms with E-state index in [9.17, 15) is 13.2 Å². The van der Waals surface area contributed by atoms with E-state index in [4.69, 9.17) is 9.84 Å². The lowest BCUT2D eigenvalue weighted by Gasteiger charge is -2.37. The monoisotopic (exact) mass is 322 g/mol. The molecule has 0 unspecified atom stereocenters. The van der Waals surface area contributed by atoms with E-state index >= 15 is 0 Å². The van der Waals surface area contributed by atoms with Gasteiger partial charge in [0.1, 0.15) is 0 Å². The number of carboxylic acids is 1. The molecule has 8 heteroatoms. The summed E-state index contributed by atoms with van der Waals surface area (Å²) in [7, 11) is -2.27. The molecule has 0 saturated carbocycles. The zero-order valence-corrected chi connectivity index (χ0v) is 13.9. The molecule has 1 saturated heterocycles. The van der Waals surface area contributed by atoms with Crippen LogP contribution < -0.4 is 4.72 Å². The Morgan fingerprint density at radius 1 is 1.38 bits per heavy atom. The van der Waals surface area contributed by atoms with E-state index in [0.717, 1.165) is 12.8 Å². The second kappa shape index (κ2) is 7.04. The van der Waals surface area contributed by atoms with Gasteiger partial charge in [-0.15, -0.1) is 0 Å². The second-order valence-electron chi connectivity index (χ2n) is 6.33. The summed E-state index contributed by atoms with van der Waals surface area (Å²) >= 11 is 0. The van der Waals surface area contributed by atoms with Gasteiger partial charge in [-0.1, -0.05) is 13.8 Å². The summed E-state index contributed by atoms with van der Waals surface area (Å²) < 4.78 is 33.7. The normalized spacial score (nSPS) is 22.7. The van der Waals surface area contributed by atoms with Gasteiger partial charge < -0.3 is 9.84 Å². The SMILES string of the molecule is CO[C@H](C)[C@@H](CC(=O)O)NS(=O)(=O)N1CCC(C)(C)CC1. The number of ether oxygens (including phenoxy) is 1. The molecule has 1 aliphatic heterocycles. The Kier molecular flexibility index (Phi) is 6.15. The van der Waals surface area contributed by atoms with Crippen molar-refractivity contribution in [1.82, 2.24) is 9.03 Å². The highest BCUT2D eigenvalue weighted by Crippen LogP contribution is 2.30. The van der Waals surface area contributed by atoms with Crippen molar-refractivity contribution in [2.75, 3.05) is 20.2 Å². The zero-order valence-electron chi connectivity index (χ0n) is 13.1. The Balaban J connectivity index is 2.75. The molecular weight excluding hydrogens is 296 g/mol. The van der Waals surface area contributed by atoms with Crippen LogP contribution in [0, 0.1) is 5.41 Å². The predicted octanol–water partition coefficient (Wildman–Crippen LogP) is 0.821. The highest BCUT2D eigenvalue weighted by molar-refractivity contribution is 7.87. The Bertz CT molecular complexity index is 453. The lowest BCUT2D eigenvalue weighted by Crippen LogP contribution is -2.52. The number of nitrogens with zero attached hydrogens (tertiary/aromatic N) is 1. The van der Waals surface area contributed by atoms with Gasteiger partial charge in [-0.25, -0.2) is 0 Å². The standard InChI is InChI=1S/C13H26N2O5S/c1-10(20-4)11(9-12(16)17)14-21(18,19)15-7-5-13(2,3)6-8-15/h10-11,14H,5-9H2,1-4H3,(H,16,17)/t10-,11-/m1/s1. The zero-order chi connectivity index (χ0) is 16.3.